The zero-order chi connectivity index (χ0) is 22.3. The highest BCUT2D eigenvalue weighted by Crippen LogP contribution is 2.34. The minimum absolute atomic E-state index is 0.0104. The summed E-state index contributed by atoms with van der Waals surface area (Å²) in [4.78, 5) is 44.0. The summed E-state index contributed by atoms with van der Waals surface area (Å²) < 4.78 is 14.2. The normalized spacial score (nSPS) is 19.5. The van der Waals surface area contributed by atoms with E-state index in [9.17, 15) is 14.4 Å². The standard InChI is InChI=1S/C22H29N3O5S/c1-13-16(10-23-11-17(26)30-22(2,3)4)31-20-18(13)19(27)25(14-7-8-14)21(28)24(20)12-15-6-5-9-29-15/h10,14-15H,5-9,11-12H2,1-4H3/t15-/m1/s1. The summed E-state index contributed by atoms with van der Waals surface area (Å²) in [5.41, 5.74) is -0.263. The van der Waals surface area contributed by atoms with Gasteiger partial charge in [-0.25, -0.2) is 4.79 Å². The van der Waals surface area contributed by atoms with Gasteiger partial charge in [-0.05, 0) is 58.9 Å². The largest absolute Gasteiger partial charge is 0.459 e. The second-order valence-corrected chi connectivity index (χ2v) is 10.3. The van der Waals surface area contributed by atoms with E-state index in [1.807, 2.05) is 27.7 Å². The maximum Gasteiger partial charge on any atom is 0.332 e. The Morgan fingerprint density at radius 1 is 1.29 bits per heavy atom. The van der Waals surface area contributed by atoms with E-state index in [0.29, 0.717) is 23.4 Å². The molecule has 2 aliphatic rings. The van der Waals surface area contributed by atoms with Crippen LogP contribution < -0.4 is 11.2 Å². The lowest BCUT2D eigenvalue weighted by Gasteiger charge is -2.18. The second-order valence-electron chi connectivity index (χ2n) is 9.26. The lowest BCUT2D eigenvalue weighted by molar-refractivity contribution is -0.152. The van der Waals surface area contributed by atoms with Crippen LogP contribution in [0, 0.1) is 6.92 Å². The predicted octanol–water partition coefficient (Wildman–Crippen LogP) is 2.81. The molecule has 0 spiro atoms. The first-order valence-corrected chi connectivity index (χ1v) is 11.6. The van der Waals surface area contributed by atoms with Gasteiger partial charge in [-0.15, -0.1) is 11.3 Å². The van der Waals surface area contributed by atoms with E-state index in [1.165, 1.54) is 15.9 Å². The monoisotopic (exact) mass is 447 g/mol. The predicted molar refractivity (Wildman–Crippen MR) is 121 cm³/mol. The first-order valence-electron chi connectivity index (χ1n) is 10.8. The van der Waals surface area contributed by atoms with Crippen molar-refractivity contribution >= 4 is 33.7 Å². The van der Waals surface area contributed by atoms with Crippen LogP contribution in [0.4, 0.5) is 0 Å². The number of hydrogen-bond acceptors (Lipinski definition) is 7. The van der Waals surface area contributed by atoms with Gasteiger partial charge in [0.05, 0.1) is 22.9 Å². The molecule has 0 unspecified atom stereocenters. The third kappa shape index (κ3) is 4.67. The minimum Gasteiger partial charge on any atom is -0.459 e. The molecule has 1 atom stereocenters. The summed E-state index contributed by atoms with van der Waals surface area (Å²) in [7, 11) is 0. The van der Waals surface area contributed by atoms with E-state index in [0.717, 1.165) is 36.1 Å². The van der Waals surface area contributed by atoms with E-state index in [1.54, 1.807) is 10.8 Å². The van der Waals surface area contributed by atoms with E-state index in [4.69, 9.17) is 9.47 Å². The van der Waals surface area contributed by atoms with Gasteiger partial charge in [-0.1, -0.05) is 0 Å². The summed E-state index contributed by atoms with van der Waals surface area (Å²) in [6.45, 7) is 8.34. The summed E-state index contributed by atoms with van der Waals surface area (Å²) >= 11 is 1.36. The molecule has 0 radical (unpaired) electrons. The van der Waals surface area contributed by atoms with Crippen molar-refractivity contribution in [1.82, 2.24) is 9.13 Å². The molecule has 4 rings (SSSR count). The molecule has 2 aromatic heterocycles. The van der Waals surface area contributed by atoms with E-state index in [2.05, 4.69) is 4.99 Å². The number of carbonyl (C=O) groups is 1. The molecule has 0 aromatic carbocycles. The number of rotatable bonds is 6. The Kier molecular flexibility index (Phi) is 5.91. The number of aryl methyl sites for hydroxylation is 1. The Bertz CT molecular complexity index is 1140. The maximum atomic E-state index is 13.2. The number of nitrogens with zero attached hydrogens (tertiary/aromatic N) is 3. The fourth-order valence-corrected chi connectivity index (χ4v) is 5.09. The number of hydrogen-bond donors (Lipinski definition) is 0. The highest BCUT2D eigenvalue weighted by molar-refractivity contribution is 7.20. The molecule has 1 aliphatic carbocycles. The van der Waals surface area contributed by atoms with Gasteiger partial charge in [0.2, 0.25) is 0 Å². The van der Waals surface area contributed by atoms with Gasteiger partial charge in [0.15, 0.2) is 0 Å². The van der Waals surface area contributed by atoms with Crippen LogP contribution in [0.2, 0.25) is 0 Å². The molecule has 168 valence electrons. The first-order chi connectivity index (χ1) is 14.7. The van der Waals surface area contributed by atoms with Crippen LogP contribution in [0.5, 0.6) is 0 Å². The first kappa shape index (κ1) is 22.0. The molecule has 8 nitrogen and oxygen atoms in total. The van der Waals surface area contributed by atoms with Crippen molar-refractivity contribution in [3.63, 3.8) is 0 Å². The van der Waals surface area contributed by atoms with Crippen LogP contribution in [-0.2, 0) is 20.8 Å². The second kappa shape index (κ2) is 8.35. The van der Waals surface area contributed by atoms with Gasteiger partial charge in [0.1, 0.15) is 17.0 Å². The van der Waals surface area contributed by atoms with Crippen LogP contribution in [0.15, 0.2) is 14.6 Å². The third-order valence-corrected chi connectivity index (χ3v) is 6.70. The Balaban J connectivity index is 1.72. The van der Waals surface area contributed by atoms with E-state index < -0.39 is 11.6 Å². The summed E-state index contributed by atoms with van der Waals surface area (Å²) in [6, 6.07) is -0.0104. The van der Waals surface area contributed by atoms with Gasteiger partial charge in [0, 0.05) is 18.9 Å². The zero-order valence-electron chi connectivity index (χ0n) is 18.5. The molecule has 9 heteroatoms. The molecule has 2 fully saturated rings. The molecule has 1 saturated heterocycles. The Morgan fingerprint density at radius 2 is 2.03 bits per heavy atom. The summed E-state index contributed by atoms with van der Waals surface area (Å²) in [5.74, 6) is -0.408. The van der Waals surface area contributed by atoms with Gasteiger partial charge in [-0.2, -0.15) is 0 Å². The van der Waals surface area contributed by atoms with E-state index in [-0.39, 0.29) is 29.9 Å². The number of carbonyl (C=O) groups excluding carboxylic acids is 1. The topological polar surface area (TPSA) is 91.9 Å². The van der Waals surface area contributed by atoms with Crippen molar-refractivity contribution < 1.29 is 14.3 Å². The number of thiophene rings is 1. The molecular formula is C22H29N3O5S. The van der Waals surface area contributed by atoms with Crippen LogP contribution in [0.1, 0.15) is 62.9 Å². The Labute approximate surface area is 184 Å². The quantitative estimate of drug-likeness (QED) is 0.502. The van der Waals surface area contributed by atoms with Crippen molar-refractivity contribution in [2.45, 2.75) is 77.7 Å². The average Bonchev–Trinajstić information content (AvgIpc) is 3.25. The van der Waals surface area contributed by atoms with Crippen molar-refractivity contribution in [2.24, 2.45) is 4.99 Å². The zero-order valence-corrected chi connectivity index (χ0v) is 19.3. The molecule has 1 saturated carbocycles. The third-order valence-electron chi connectivity index (χ3n) is 5.45. The van der Waals surface area contributed by atoms with Gasteiger partial charge >= 0.3 is 11.7 Å². The fourth-order valence-electron chi connectivity index (χ4n) is 3.89. The number of fused-ring (bicyclic) bond motifs is 1. The van der Waals surface area contributed by atoms with Crippen LogP contribution in [-0.4, -0.2) is 46.2 Å². The number of esters is 1. The molecule has 0 amide bonds. The molecule has 0 bridgehead atoms. The average molecular weight is 448 g/mol. The van der Waals surface area contributed by atoms with Crippen LogP contribution in [0.25, 0.3) is 10.2 Å². The molecule has 31 heavy (non-hydrogen) atoms. The smallest absolute Gasteiger partial charge is 0.332 e. The van der Waals surface area contributed by atoms with Crippen LogP contribution >= 0.6 is 11.3 Å². The molecule has 3 heterocycles. The number of aromatic nitrogens is 2. The maximum absolute atomic E-state index is 13.2. The van der Waals surface area contributed by atoms with Gasteiger partial charge < -0.3 is 9.47 Å². The summed E-state index contributed by atoms with van der Waals surface area (Å²) in [5, 5.41) is 0.563. The highest BCUT2D eigenvalue weighted by Gasteiger charge is 2.31. The highest BCUT2D eigenvalue weighted by atomic mass is 32.1. The SMILES string of the molecule is Cc1c(C=NCC(=O)OC(C)(C)C)sc2c1c(=O)n(C1CC1)c(=O)n2C[C@H]1CCCO1. The van der Waals surface area contributed by atoms with Crippen molar-refractivity contribution in [2.75, 3.05) is 13.2 Å². The molecule has 1 aliphatic heterocycles. The lowest BCUT2D eigenvalue weighted by Crippen LogP contribution is -2.40. The van der Waals surface area contributed by atoms with E-state index >= 15 is 0 Å². The van der Waals surface area contributed by atoms with Gasteiger partial charge in [-0.3, -0.25) is 23.7 Å². The lowest BCUT2D eigenvalue weighted by atomic mass is 10.2. The van der Waals surface area contributed by atoms with Crippen LogP contribution in [0.3, 0.4) is 0 Å². The van der Waals surface area contributed by atoms with Crippen molar-refractivity contribution in [3.8, 4) is 0 Å². The fraction of sp³-hybridized carbons (Fsp3) is 0.636. The Morgan fingerprint density at radius 3 is 2.65 bits per heavy atom. The number of ether oxygens (including phenoxy) is 2. The molecular weight excluding hydrogens is 418 g/mol. The van der Waals surface area contributed by atoms with Crippen molar-refractivity contribution in [1.29, 1.82) is 0 Å². The molecule has 2 aromatic rings. The Hall–Kier alpha value is -2.26. The van der Waals surface area contributed by atoms with Crippen molar-refractivity contribution in [3.05, 3.63) is 31.3 Å². The minimum atomic E-state index is -0.563. The summed E-state index contributed by atoms with van der Waals surface area (Å²) in [6.07, 6.45) is 5.19. The van der Waals surface area contributed by atoms with Gasteiger partial charge in [0.25, 0.3) is 5.56 Å². The molecule has 0 N–H and O–H groups in total. The number of aliphatic imine (C=N–C) groups is 1.